The van der Waals surface area contributed by atoms with Crippen LogP contribution in [0.15, 0.2) is 58.7 Å². The zero-order chi connectivity index (χ0) is 21.0. The van der Waals surface area contributed by atoms with Crippen LogP contribution in [0.1, 0.15) is 18.9 Å². The number of imide groups is 1. The Labute approximate surface area is 177 Å². The molecular formula is C20H19ClN4O3S. The predicted molar refractivity (Wildman–Crippen MR) is 117 cm³/mol. The Morgan fingerprint density at radius 2 is 1.93 bits per heavy atom. The highest BCUT2D eigenvalue weighted by Crippen LogP contribution is 2.31. The van der Waals surface area contributed by atoms with Crippen molar-refractivity contribution in [3.8, 4) is 5.75 Å². The Bertz CT molecular complexity index is 991. The summed E-state index contributed by atoms with van der Waals surface area (Å²) in [6.07, 6.45) is 0.0385. The molecule has 1 unspecified atom stereocenters. The number of halogens is 1. The lowest BCUT2D eigenvalue weighted by Gasteiger charge is -2.15. The maximum atomic E-state index is 12.7. The lowest BCUT2D eigenvalue weighted by molar-refractivity contribution is -0.121. The van der Waals surface area contributed by atoms with Gasteiger partial charge in [0.05, 0.1) is 18.5 Å². The largest absolute Gasteiger partial charge is 0.497 e. The summed E-state index contributed by atoms with van der Waals surface area (Å²) in [5.41, 5.74) is 7.90. The maximum Gasteiger partial charge on any atom is 0.247 e. The second kappa shape index (κ2) is 9.11. The van der Waals surface area contributed by atoms with Crippen LogP contribution >= 0.6 is 23.4 Å². The highest BCUT2D eigenvalue weighted by Gasteiger charge is 2.40. The molecule has 1 aliphatic rings. The third-order valence-electron chi connectivity index (χ3n) is 4.24. The first kappa shape index (κ1) is 20.9. The van der Waals surface area contributed by atoms with Crippen LogP contribution in [0.4, 0.5) is 5.69 Å². The predicted octanol–water partition coefficient (Wildman–Crippen LogP) is 3.45. The minimum absolute atomic E-state index is 0.0385. The van der Waals surface area contributed by atoms with Crippen molar-refractivity contribution in [3.05, 3.63) is 59.1 Å². The number of benzene rings is 2. The van der Waals surface area contributed by atoms with Crippen LogP contribution < -0.4 is 15.4 Å². The van der Waals surface area contributed by atoms with Crippen LogP contribution in [-0.4, -0.2) is 35.1 Å². The number of nitrogens with zero attached hydrogens (tertiary/aromatic N) is 3. The fourth-order valence-electron chi connectivity index (χ4n) is 2.76. The topological polar surface area (TPSA) is 97.3 Å². The number of hydrogen-bond acceptors (Lipinski definition) is 6. The van der Waals surface area contributed by atoms with Crippen LogP contribution in [0.25, 0.3) is 0 Å². The van der Waals surface area contributed by atoms with Crippen LogP contribution in [0, 0.1) is 0 Å². The summed E-state index contributed by atoms with van der Waals surface area (Å²) >= 11 is 6.90. The number of hydrogen-bond donors (Lipinski definition) is 1. The third-order valence-corrected chi connectivity index (χ3v) is 5.47. The van der Waals surface area contributed by atoms with Gasteiger partial charge in [0.1, 0.15) is 11.0 Å². The van der Waals surface area contributed by atoms with Crippen molar-refractivity contribution < 1.29 is 14.3 Å². The number of carbonyl (C=O) groups excluding carboxylic acids is 2. The Kier molecular flexibility index (Phi) is 6.56. The molecule has 1 aliphatic heterocycles. The second-order valence-corrected chi connectivity index (χ2v) is 7.87. The fraction of sp³-hybridized carbons (Fsp3) is 0.200. The lowest BCUT2D eigenvalue weighted by Crippen LogP contribution is -2.31. The molecule has 1 saturated heterocycles. The second-order valence-electron chi connectivity index (χ2n) is 6.21. The van der Waals surface area contributed by atoms with Crippen LogP contribution in [0.5, 0.6) is 5.75 Å². The van der Waals surface area contributed by atoms with E-state index in [1.807, 2.05) is 12.1 Å². The zero-order valence-corrected chi connectivity index (χ0v) is 17.4. The van der Waals surface area contributed by atoms with Crippen molar-refractivity contribution in [3.63, 3.8) is 0 Å². The SMILES string of the molecule is COc1cccc(N2C(=O)CC(SC(N)=NN=C(C)c3ccc(Cl)cc3)C2=O)c1. The van der Waals surface area contributed by atoms with E-state index in [4.69, 9.17) is 22.1 Å². The van der Waals surface area contributed by atoms with Gasteiger partial charge in [0.25, 0.3) is 0 Å². The molecule has 2 aromatic carbocycles. The number of carbonyl (C=O) groups is 2. The summed E-state index contributed by atoms with van der Waals surface area (Å²) in [6.45, 7) is 1.79. The smallest absolute Gasteiger partial charge is 0.247 e. The van der Waals surface area contributed by atoms with E-state index in [1.54, 1.807) is 43.3 Å². The molecule has 0 aliphatic carbocycles. The fourth-order valence-corrected chi connectivity index (χ4v) is 3.70. The number of amidine groups is 1. The Morgan fingerprint density at radius 1 is 1.21 bits per heavy atom. The molecule has 2 amide bonds. The van der Waals surface area contributed by atoms with Gasteiger partial charge >= 0.3 is 0 Å². The molecule has 3 rings (SSSR count). The summed E-state index contributed by atoms with van der Waals surface area (Å²) in [5, 5.41) is 8.17. The molecule has 0 spiro atoms. The number of thioether (sulfide) groups is 1. The first-order valence-electron chi connectivity index (χ1n) is 8.70. The van der Waals surface area contributed by atoms with E-state index in [9.17, 15) is 9.59 Å². The molecule has 9 heteroatoms. The molecular weight excluding hydrogens is 412 g/mol. The van der Waals surface area contributed by atoms with E-state index in [0.717, 1.165) is 22.2 Å². The van der Waals surface area contributed by atoms with E-state index in [2.05, 4.69) is 10.2 Å². The van der Waals surface area contributed by atoms with E-state index < -0.39 is 5.25 Å². The number of amides is 2. The van der Waals surface area contributed by atoms with Gasteiger partial charge in [0, 0.05) is 17.5 Å². The number of nitrogens with two attached hydrogens (primary N) is 1. The van der Waals surface area contributed by atoms with E-state index in [1.165, 1.54) is 7.11 Å². The summed E-state index contributed by atoms with van der Waals surface area (Å²) in [5.74, 6) is -0.0773. The molecule has 0 bridgehead atoms. The molecule has 1 fully saturated rings. The molecule has 1 heterocycles. The summed E-state index contributed by atoms with van der Waals surface area (Å²) in [7, 11) is 1.52. The van der Waals surface area contributed by atoms with Crippen molar-refractivity contribution in [2.24, 2.45) is 15.9 Å². The normalized spacial score (nSPS) is 17.8. The first-order valence-corrected chi connectivity index (χ1v) is 9.96. The van der Waals surface area contributed by atoms with Gasteiger partial charge in [-0.25, -0.2) is 4.90 Å². The Morgan fingerprint density at radius 3 is 2.62 bits per heavy atom. The highest BCUT2D eigenvalue weighted by atomic mass is 35.5. The summed E-state index contributed by atoms with van der Waals surface area (Å²) < 4.78 is 5.16. The average Bonchev–Trinajstić information content (AvgIpc) is 2.99. The third kappa shape index (κ3) is 4.96. The van der Waals surface area contributed by atoms with Crippen molar-refractivity contribution in [1.29, 1.82) is 0 Å². The van der Waals surface area contributed by atoms with Crippen molar-refractivity contribution in [2.75, 3.05) is 12.0 Å². The number of methoxy groups -OCH3 is 1. The first-order chi connectivity index (χ1) is 13.9. The van der Waals surface area contributed by atoms with Crippen molar-refractivity contribution in [1.82, 2.24) is 0 Å². The Hall–Kier alpha value is -2.84. The number of ether oxygens (including phenoxy) is 1. The molecule has 1 atom stereocenters. The van der Waals surface area contributed by atoms with Gasteiger partial charge in [-0.05, 0) is 36.8 Å². The van der Waals surface area contributed by atoms with Gasteiger partial charge in [-0.15, -0.1) is 5.10 Å². The average molecular weight is 431 g/mol. The van der Waals surface area contributed by atoms with Gasteiger partial charge in [0.2, 0.25) is 11.8 Å². The molecule has 2 aromatic rings. The summed E-state index contributed by atoms with van der Waals surface area (Å²) in [6, 6.07) is 14.0. The number of anilines is 1. The summed E-state index contributed by atoms with van der Waals surface area (Å²) in [4.78, 5) is 26.3. The van der Waals surface area contributed by atoms with Gasteiger partial charge in [-0.1, -0.05) is 41.6 Å². The maximum absolute atomic E-state index is 12.7. The zero-order valence-electron chi connectivity index (χ0n) is 15.8. The van der Waals surface area contributed by atoms with Crippen molar-refractivity contribution >= 4 is 51.7 Å². The van der Waals surface area contributed by atoms with Gasteiger partial charge in [0.15, 0.2) is 5.17 Å². The van der Waals surface area contributed by atoms with E-state index in [0.29, 0.717) is 22.2 Å². The van der Waals surface area contributed by atoms with Gasteiger partial charge < -0.3 is 10.5 Å². The van der Waals surface area contributed by atoms with E-state index >= 15 is 0 Å². The van der Waals surface area contributed by atoms with Crippen LogP contribution in [-0.2, 0) is 9.59 Å². The molecule has 7 nitrogen and oxygen atoms in total. The molecule has 0 aromatic heterocycles. The van der Waals surface area contributed by atoms with Crippen LogP contribution in [0.2, 0.25) is 5.02 Å². The van der Waals surface area contributed by atoms with E-state index in [-0.39, 0.29) is 23.4 Å². The van der Waals surface area contributed by atoms with Crippen molar-refractivity contribution in [2.45, 2.75) is 18.6 Å². The van der Waals surface area contributed by atoms with Gasteiger partial charge in [-0.2, -0.15) is 5.10 Å². The van der Waals surface area contributed by atoms with Crippen LogP contribution in [0.3, 0.4) is 0 Å². The molecule has 2 N–H and O–H groups in total. The highest BCUT2D eigenvalue weighted by molar-refractivity contribution is 8.14. The Balaban J connectivity index is 1.70. The molecule has 0 radical (unpaired) electrons. The molecule has 29 heavy (non-hydrogen) atoms. The monoisotopic (exact) mass is 430 g/mol. The minimum Gasteiger partial charge on any atom is -0.497 e. The lowest BCUT2D eigenvalue weighted by atomic mass is 10.1. The molecule has 0 saturated carbocycles. The van der Waals surface area contributed by atoms with Gasteiger partial charge in [-0.3, -0.25) is 9.59 Å². The minimum atomic E-state index is -0.650. The number of rotatable bonds is 5. The standard InChI is InChI=1S/C20H19ClN4O3S/c1-12(13-6-8-14(21)9-7-13)23-24-20(22)29-17-11-18(26)25(19(17)27)15-4-3-5-16(10-15)28-2/h3-10,17H,11H2,1-2H3,(H2,22,24). The molecule has 150 valence electrons. The quantitative estimate of drug-likeness (QED) is 0.339.